The first kappa shape index (κ1) is 28.6. The van der Waals surface area contributed by atoms with Crippen molar-refractivity contribution in [2.75, 3.05) is 6.61 Å². The summed E-state index contributed by atoms with van der Waals surface area (Å²) < 4.78 is 19.2. The van der Waals surface area contributed by atoms with Crippen LogP contribution in [0.4, 0.5) is 0 Å². The van der Waals surface area contributed by atoms with Crippen LogP contribution in [0.15, 0.2) is 64.4 Å². The molecule has 186 valence electrons. The lowest BCUT2D eigenvalue weighted by Gasteiger charge is -2.36. The van der Waals surface area contributed by atoms with Gasteiger partial charge in [0.05, 0.1) is 0 Å². The Morgan fingerprint density at radius 2 is 1.68 bits per heavy atom. The average molecular weight is 563 g/mol. The molecule has 0 atom stereocenters. The molecule has 0 amide bonds. The Morgan fingerprint density at radius 3 is 2.26 bits per heavy atom. The number of aryl methyl sites for hydroxylation is 1. The molecule has 2 aromatic carbocycles. The molecule has 7 heteroatoms. The number of benzene rings is 2. The summed E-state index contributed by atoms with van der Waals surface area (Å²) in [6.45, 7) is 22.5. The van der Waals surface area contributed by atoms with Crippen LogP contribution in [0.5, 0.6) is 11.5 Å². The third-order valence-corrected chi connectivity index (χ3v) is 11.7. The molecule has 0 saturated carbocycles. The molecule has 0 aromatic heterocycles. The first-order valence-corrected chi connectivity index (χ1v) is 18.9. The Hall–Kier alpha value is -1.68. The third-order valence-electron chi connectivity index (χ3n) is 5.77. The highest BCUT2D eigenvalue weighted by molar-refractivity contribution is 9.10. The maximum Gasteiger partial charge on any atom is 0.244 e. The van der Waals surface area contributed by atoms with E-state index in [1.165, 1.54) is 5.56 Å². The molecule has 2 aromatic rings. The molecular formula is C27H40BrNO3Si2. The van der Waals surface area contributed by atoms with Crippen molar-refractivity contribution in [2.24, 2.45) is 4.99 Å². The van der Waals surface area contributed by atoms with Gasteiger partial charge in [0, 0.05) is 22.9 Å². The molecule has 0 heterocycles. The smallest absolute Gasteiger partial charge is 0.244 e. The molecule has 0 bridgehead atoms. The van der Waals surface area contributed by atoms with Crippen LogP contribution in [0.2, 0.25) is 37.8 Å². The number of aliphatic imine (C=N–C) groups is 1. The van der Waals surface area contributed by atoms with Crippen molar-refractivity contribution in [2.45, 2.75) is 71.4 Å². The van der Waals surface area contributed by atoms with Gasteiger partial charge in [0.1, 0.15) is 11.5 Å². The van der Waals surface area contributed by atoms with Crippen LogP contribution in [-0.4, -0.2) is 29.5 Å². The van der Waals surface area contributed by atoms with E-state index in [0.29, 0.717) is 5.88 Å². The van der Waals surface area contributed by atoms with Gasteiger partial charge in [0.25, 0.3) is 0 Å². The highest BCUT2D eigenvalue weighted by atomic mass is 79.9. The molecule has 0 aliphatic carbocycles. The van der Waals surface area contributed by atoms with Crippen LogP contribution in [0.3, 0.4) is 0 Å². The van der Waals surface area contributed by atoms with Crippen molar-refractivity contribution in [3.63, 3.8) is 0 Å². The summed E-state index contributed by atoms with van der Waals surface area (Å²) in [7, 11) is -3.42. The molecule has 0 aliphatic heterocycles. The SMILES string of the molecule is C=C(/N=C/c1cc(Br)ccc1Oc1ccc(CCCO[Si](C)(C)C(C)(C)C)cc1)O[Si](C)(C)C. The molecule has 0 radical (unpaired) electrons. The van der Waals surface area contributed by atoms with Gasteiger partial charge >= 0.3 is 0 Å². The lowest BCUT2D eigenvalue weighted by molar-refractivity contribution is 0.282. The van der Waals surface area contributed by atoms with Crippen LogP contribution in [0.1, 0.15) is 38.3 Å². The monoisotopic (exact) mass is 561 g/mol. The molecule has 34 heavy (non-hydrogen) atoms. The number of ether oxygens (including phenoxy) is 1. The van der Waals surface area contributed by atoms with Crippen LogP contribution < -0.4 is 4.74 Å². The number of hydrogen-bond donors (Lipinski definition) is 0. The zero-order valence-electron chi connectivity index (χ0n) is 22.0. The minimum absolute atomic E-state index is 0.247. The summed E-state index contributed by atoms with van der Waals surface area (Å²) in [6.07, 6.45) is 3.74. The number of nitrogens with zero attached hydrogens (tertiary/aromatic N) is 1. The Labute approximate surface area is 216 Å². The first-order chi connectivity index (χ1) is 15.7. The summed E-state index contributed by atoms with van der Waals surface area (Å²) in [5.74, 6) is 1.94. The van der Waals surface area contributed by atoms with E-state index in [9.17, 15) is 0 Å². The van der Waals surface area contributed by atoms with Gasteiger partial charge in [0.2, 0.25) is 8.32 Å². The second kappa shape index (κ2) is 11.8. The fourth-order valence-corrected chi connectivity index (χ4v) is 5.13. The molecule has 0 N–H and O–H groups in total. The predicted octanol–water partition coefficient (Wildman–Crippen LogP) is 8.94. The van der Waals surface area contributed by atoms with E-state index in [4.69, 9.17) is 13.6 Å². The van der Waals surface area contributed by atoms with E-state index in [2.05, 4.69) is 93.1 Å². The van der Waals surface area contributed by atoms with Crippen LogP contribution in [-0.2, 0) is 15.3 Å². The molecule has 0 saturated heterocycles. The van der Waals surface area contributed by atoms with Gasteiger partial charge in [-0.25, -0.2) is 4.99 Å². The third kappa shape index (κ3) is 9.52. The molecule has 0 unspecified atom stereocenters. The Morgan fingerprint density at radius 1 is 1.03 bits per heavy atom. The quantitative estimate of drug-likeness (QED) is 0.119. The van der Waals surface area contributed by atoms with Gasteiger partial charge in [0.15, 0.2) is 14.2 Å². The largest absolute Gasteiger partial charge is 0.532 e. The minimum atomic E-state index is -1.74. The first-order valence-electron chi connectivity index (χ1n) is 11.8. The Kier molecular flexibility index (Phi) is 9.95. The molecule has 0 fully saturated rings. The summed E-state index contributed by atoms with van der Waals surface area (Å²) in [5.41, 5.74) is 2.13. The van der Waals surface area contributed by atoms with E-state index < -0.39 is 16.6 Å². The normalized spacial score (nSPS) is 12.7. The highest BCUT2D eigenvalue weighted by Gasteiger charge is 2.36. The van der Waals surface area contributed by atoms with Crippen LogP contribution in [0.25, 0.3) is 0 Å². The summed E-state index contributed by atoms with van der Waals surface area (Å²) in [6, 6.07) is 14.1. The van der Waals surface area contributed by atoms with Gasteiger partial charge in [-0.3, -0.25) is 0 Å². The maximum atomic E-state index is 6.29. The van der Waals surface area contributed by atoms with Crippen molar-refractivity contribution in [1.29, 1.82) is 0 Å². The van der Waals surface area contributed by atoms with Gasteiger partial charge in [-0.2, -0.15) is 0 Å². The van der Waals surface area contributed by atoms with Crippen LogP contribution in [0, 0.1) is 0 Å². The van der Waals surface area contributed by atoms with Crippen LogP contribution >= 0.6 is 15.9 Å². The lowest BCUT2D eigenvalue weighted by Crippen LogP contribution is -2.41. The summed E-state index contributed by atoms with van der Waals surface area (Å²) >= 11 is 3.53. The van der Waals surface area contributed by atoms with Gasteiger partial charge in [-0.15, -0.1) is 0 Å². The number of halogens is 1. The lowest BCUT2D eigenvalue weighted by atomic mass is 10.1. The summed E-state index contributed by atoms with van der Waals surface area (Å²) in [5, 5.41) is 0.247. The molecular weight excluding hydrogens is 522 g/mol. The van der Waals surface area contributed by atoms with E-state index in [0.717, 1.165) is 41.0 Å². The highest BCUT2D eigenvalue weighted by Crippen LogP contribution is 2.36. The topological polar surface area (TPSA) is 40.0 Å². The van der Waals surface area contributed by atoms with Crippen molar-refractivity contribution in [1.82, 2.24) is 0 Å². The molecule has 0 spiro atoms. The summed E-state index contributed by atoms with van der Waals surface area (Å²) in [4.78, 5) is 4.39. The zero-order valence-corrected chi connectivity index (χ0v) is 25.6. The maximum absolute atomic E-state index is 6.29. The van der Waals surface area contributed by atoms with E-state index >= 15 is 0 Å². The second-order valence-electron chi connectivity index (χ2n) is 11.0. The Balaban J connectivity index is 1.98. The van der Waals surface area contributed by atoms with E-state index in [1.54, 1.807) is 6.21 Å². The van der Waals surface area contributed by atoms with Crippen molar-refractivity contribution in [3.8, 4) is 11.5 Å². The fourth-order valence-electron chi connectivity index (χ4n) is 2.91. The van der Waals surface area contributed by atoms with E-state index in [-0.39, 0.29) is 5.04 Å². The van der Waals surface area contributed by atoms with Gasteiger partial charge in [-0.1, -0.05) is 48.8 Å². The van der Waals surface area contributed by atoms with Crippen molar-refractivity contribution in [3.05, 3.63) is 70.5 Å². The molecule has 4 nitrogen and oxygen atoms in total. The molecule has 0 aliphatic rings. The second-order valence-corrected chi connectivity index (χ2v) is 21.2. The van der Waals surface area contributed by atoms with E-state index in [1.807, 2.05) is 30.3 Å². The molecule has 2 rings (SSSR count). The number of hydrogen-bond acceptors (Lipinski definition) is 4. The average Bonchev–Trinajstić information content (AvgIpc) is 2.70. The fraction of sp³-hybridized carbons (Fsp3) is 0.444. The van der Waals surface area contributed by atoms with Gasteiger partial charge in [-0.05, 0) is 93.1 Å². The zero-order chi connectivity index (χ0) is 25.6. The Bertz CT molecular complexity index is 990. The number of rotatable bonds is 11. The van der Waals surface area contributed by atoms with Crippen molar-refractivity contribution >= 4 is 38.8 Å². The van der Waals surface area contributed by atoms with Crippen molar-refractivity contribution < 1.29 is 13.6 Å². The minimum Gasteiger partial charge on any atom is -0.532 e. The predicted molar refractivity (Wildman–Crippen MR) is 153 cm³/mol. The standard InChI is InChI=1S/C27H40BrNO3Si2/c1-21(32-33(5,6)7)29-20-23-19-24(28)14-17-26(23)31-25-15-12-22(13-16-25)11-10-18-30-34(8,9)27(2,3)4/h12-17,19-20H,1,10-11,18H2,2-9H3/b29-20+. The van der Waals surface area contributed by atoms with Gasteiger partial charge < -0.3 is 13.6 Å².